The highest BCUT2D eigenvalue weighted by Gasteiger charge is 2.25. The van der Waals surface area contributed by atoms with Crippen LogP contribution in [-0.2, 0) is 16.6 Å². The topological polar surface area (TPSA) is 37.4 Å². The Balaban J connectivity index is 2.28. The first kappa shape index (κ1) is 15.4. The summed E-state index contributed by atoms with van der Waals surface area (Å²) >= 11 is 6.80. The van der Waals surface area contributed by atoms with Gasteiger partial charge in [-0.25, -0.2) is 12.8 Å². The average Bonchev–Trinajstić information content (AvgIpc) is 2.83. The molecule has 20 heavy (non-hydrogen) atoms. The summed E-state index contributed by atoms with van der Waals surface area (Å²) in [7, 11) is -3.60. The number of hydrogen-bond donors (Lipinski definition) is 0. The van der Waals surface area contributed by atoms with Gasteiger partial charge < -0.3 is 0 Å². The van der Waals surface area contributed by atoms with Crippen molar-refractivity contribution < 1.29 is 12.8 Å². The molecule has 0 aliphatic carbocycles. The summed E-state index contributed by atoms with van der Waals surface area (Å²) in [6, 6.07) is 8.95. The van der Waals surface area contributed by atoms with Gasteiger partial charge >= 0.3 is 0 Å². The maximum atomic E-state index is 13.2. The van der Waals surface area contributed by atoms with E-state index in [2.05, 4.69) is 0 Å². The minimum atomic E-state index is -3.60. The fourth-order valence-electron chi connectivity index (χ4n) is 1.77. The van der Waals surface area contributed by atoms with E-state index < -0.39 is 10.0 Å². The molecule has 1 aromatic heterocycles. The molecule has 0 saturated carbocycles. The van der Waals surface area contributed by atoms with Crippen molar-refractivity contribution in [3.63, 3.8) is 0 Å². The van der Waals surface area contributed by atoms with Crippen LogP contribution in [0, 0.1) is 5.82 Å². The molecule has 0 N–H and O–H groups in total. The summed E-state index contributed by atoms with van der Waals surface area (Å²) in [5.74, 6) is -0.380. The van der Waals surface area contributed by atoms with Crippen molar-refractivity contribution in [1.29, 1.82) is 0 Å². The van der Waals surface area contributed by atoms with E-state index in [0.29, 0.717) is 16.4 Å². The molecule has 0 radical (unpaired) electrons. The Morgan fingerprint density at radius 1 is 1.30 bits per heavy atom. The van der Waals surface area contributed by atoms with E-state index >= 15 is 0 Å². The van der Waals surface area contributed by atoms with Crippen LogP contribution in [-0.4, -0.2) is 19.3 Å². The van der Waals surface area contributed by atoms with Crippen LogP contribution in [0.4, 0.5) is 4.39 Å². The molecule has 1 aromatic carbocycles. The third-order valence-electron chi connectivity index (χ3n) is 2.74. The highest BCUT2D eigenvalue weighted by molar-refractivity contribution is 7.91. The molecule has 0 atom stereocenters. The molecule has 2 aromatic rings. The Hall–Kier alpha value is -0.950. The zero-order valence-electron chi connectivity index (χ0n) is 10.7. The number of halogens is 2. The SMILES string of the molecule is CCN(Cc1cccc(F)c1)S(=O)(=O)c1ccc(Cl)s1. The number of nitrogens with zero attached hydrogens (tertiary/aromatic N) is 1. The molecule has 7 heteroatoms. The number of sulfonamides is 1. The lowest BCUT2D eigenvalue weighted by atomic mass is 10.2. The van der Waals surface area contributed by atoms with Gasteiger partial charge in [-0.15, -0.1) is 11.3 Å². The van der Waals surface area contributed by atoms with Gasteiger partial charge in [-0.1, -0.05) is 30.7 Å². The van der Waals surface area contributed by atoms with Crippen molar-refractivity contribution in [2.75, 3.05) is 6.54 Å². The molecule has 0 saturated heterocycles. The zero-order valence-corrected chi connectivity index (χ0v) is 13.1. The first-order chi connectivity index (χ1) is 9.43. The number of hydrogen-bond acceptors (Lipinski definition) is 3. The lowest BCUT2D eigenvalue weighted by Gasteiger charge is -2.19. The lowest BCUT2D eigenvalue weighted by molar-refractivity contribution is 0.424. The maximum Gasteiger partial charge on any atom is 0.252 e. The monoisotopic (exact) mass is 333 g/mol. The molecule has 0 spiro atoms. The second kappa shape index (κ2) is 6.22. The third-order valence-corrected chi connectivity index (χ3v) is 6.36. The van der Waals surface area contributed by atoms with Crippen molar-refractivity contribution in [2.45, 2.75) is 17.7 Å². The molecule has 0 unspecified atom stereocenters. The van der Waals surface area contributed by atoms with Gasteiger partial charge in [0.1, 0.15) is 10.0 Å². The molecule has 0 aliphatic heterocycles. The van der Waals surface area contributed by atoms with Gasteiger partial charge in [0, 0.05) is 13.1 Å². The Morgan fingerprint density at radius 2 is 2.05 bits per heavy atom. The van der Waals surface area contributed by atoms with Crippen LogP contribution in [0.3, 0.4) is 0 Å². The van der Waals surface area contributed by atoms with E-state index in [-0.39, 0.29) is 16.6 Å². The molecule has 1 heterocycles. The van der Waals surface area contributed by atoms with E-state index in [9.17, 15) is 12.8 Å². The molecular formula is C13H13ClFNO2S2. The molecule has 0 amide bonds. The number of benzene rings is 1. The Bertz CT molecular complexity index is 700. The van der Waals surface area contributed by atoms with Crippen LogP contribution < -0.4 is 0 Å². The quantitative estimate of drug-likeness (QED) is 0.835. The third kappa shape index (κ3) is 3.38. The summed E-state index contributed by atoms with van der Waals surface area (Å²) in [6.45, 7) is 2.17. The van der Waals surface area contributed by atoms with Crippen molar-refractivity contribution >= 4 is 33.0 Å². The van der Waals surface area contributed by atoms with Gasteiger partial charge in [0.05, 0.1) is 4.34 Å². The summed E-state index contributed by atoms with van der Waals surface area (Å²) in [4.78, 5) is 0. The average molecular weight is 334 g/mol. The number of thiophene rings is 1. The minimum absolute atomic E-state index is 0.131. The van der Waals surface area contributed by atoms with Crippen LogP contribution >= 0.6 is 22.9 Å². The smallest absolute Gasteiger partial charge is 0.207 e. The highest BCUT2D eigenvalue weighted by Crippen LogP contribution is 2.28. The fourth-order valence-corrected chi connectivity index (χ4v) is 4.84. The molecule has 0 bridgehead atoms. The van der Waals surface area contributed by atoms with Crippen LogP contribution in [0.2, 0.25) is 4.34 Å². The van der Waals surface area contributed by atoms with Crippen LogP contribution in [0.15, 0.2) is 40.6 Å². The Labute approximate surface area is 126 Å². The van der Waals surface area contributed by atoms with Gasteiger partial charge in [0.25, 0.3) is 10.0 Å². The maximum absolute atomic E-state index is 13.2. The second-order valence-electron chi connectivity index (χ2n) is 4.12. The summed E-state index contributed by atoms with van der Waals surface area (Å²) in [6.07, 6.45) is 0. The molecule has 2 rings (SSSR count). The Morgan fingerprint density at radius 3 is 2.60 bits per heavy atom. The highest BCUT2D eigenvalue weighted by atomic mass is 35.5. The van der Waals surface area contributed by atoms with Crippen molar-refractivity contribution in [2.24, 2.45) is 0 Å². The minimum Gasteiger partial charge on any atom is -0.207 e. The first-order valence-electron chi connectivity index (χ1n) is 5.93. The first-order valence-corrected chi connectivity index (χ1v) is 8.57. The predicted molar refractivity (Wildman–Crippen MR) is 79.0 cm³/mol. The van der Waals surface area contributed by atoms with Crippen molar-refractivity contribution in [1.82, 2.24) is 4.31 Å². The van der Waals surface area contributed by atoms with Gasteiger partial charge in [-0.05, 0) is 29.8 Å². The molecule has 108 valence electrons. The van der Waals surface area contributed by atoms with Crippen molar-refractivity contribution in [3.05, 3.63) is 52.1 Å². The van der Waals surface area contributed by atoms with Gasteiger partial charge in [-0.3, -0.25) is 0 Å². The summed E-state index contributed by atoms with van der Waals surface area (Å²) in [5.41, 5.74) is 0.609. The van der Waals surface area contributed by atoms with E-state index in [4.69, 9.17) is 11.6 Å². The Kier molecular flexibility index (Phi) is 4.80. The van der Waals surface area contributed by atoms with Crippen molar-refractivity contribution in [3.8, 4) is 0 Å². The largest absolute Gasteiger partial charge is 0.252 e. The molecule has 3 nitrogen and oxygen atoms in total. The molecule has 0 aliphatic rings. The standard InChI is InChI=1S/C13H13ClFNO2S2/c1-2-16(9-10-4-3-5-11(15)8-10)20(17,18)13-7-6-12(14)19-13/h3-8H,2,9H2,1H3. The van der Waals surface area contributed by atoms with Gasteiger partial charge in [0.15, 0.2) is 0 Å². The van der Waals surface area contributed by atoms with Crippen LogP contribution in [0.25, 0.3) is 0 Å². The van der Waals surface area contributed by atoms with E-state index in [1.54, 1.807) is 25.1 Å². The molecule has 0 fully saturated rings. The van der Waals surface area contributed by atoms with Crippen LogP contribution in [0.5, 0.6) is 0 Å². The van der Waals surface area contributed by atoms with Gasteiger partial charge in [0.2, 0.25) is 0 Å². The normalized spacial score (nSPS) is 12.0. The van der Waals surface area contributed by atoms with Gasteiger partial charge in [-0.2, -0.15) is 4.31 Å². The predicted octanol–water partition coefficient (Wildman–Crippen LogP) is 3.75. The van der Waals surface area contributed by atoms with E-state index in [1.165, 1.54) is 22.5 Å². The summed E-state index contributed by atoms with van der Waals surface area (Å²) in [5, 5.41) is 0. The summed E-state index contributed by atoms with van der Waals surface area (Å²) < 4.78 is 40.0. The lowest BCUT2D eigenvalue weighted by Crippen LogP contribution is -2.29. The fraction of sp³-hybridized carbons (Fsp3) is 0.231. The van der Waals surface area contributed by atoms with E-state index in [1.807, 2.05) is 0 Å². The molecular weight excluding hydrogens is 321 g/mol. The second-order valence-corrected chi connectivity index (χ2v) is 8.00. The number of rotatable bonds is 5. The van der Waals surface area contributed by atoms with E-state index in [0.717, 1.165) is 11.3 Å². The zero-order chi connectivity index (χ0) is 14.8. The van der Waals surface area contributed by atoms with Crippen LogP contribution in [0.1, 0.15) is 12.5 Å².